The Kier molecular flexibility index (Phi) is 4.77. The van der Waals surface area contributed by atoms with Crippen LogP contribution in [0.4, 0.5) is 5.69 Å². The number of nitrogens with one attached hydrogen (secondary N) is 1. The summed E-state index contributed by atoms with van der Waals surface area (Å²) in [6, 6.07) is 24.4. The van der Waals surface area contributed by atoms with Gasteiger partial charge in [0.1, 0.15) is 6.04 Å². The molecule has 1 N–H and O–H groups in total. The lowest BCUT2D eigenvalue weighted by Gasteiger charge is -2.29. The van der Waals surface area contributed by atoms with Crippen molar-refractivity contribution in [2.45, 2.75) is 19.0 Å². The van der Waals surface area contributed by atoms with E-state index in [0.717, 1.165) is 34.3 Å². The first-order valence-electron chi connectivity index (χ1n) is 10.8. The molecule has 0 radical (unpaired) electrons. The lowest BCUT2D eigenvalue weighted by atomic mass is 10.0. The van der Waals surface area contributed by atoms with Gasteiger partial charge in [0.15, 0.2) is 16.6 Å². The van der Waals surface area contributed by atoms with Crippen molar-refractivity contribution in [3.63, 3.8) is 0 Å². The normalized spacial score (nSPS) is 19.1. The minimum absolute atomic E-state index is 0.122. The molecule has 1 fully saturated rings. The van der Waals surface area contributed by atoms with Crippen LogP contribution >= 0.6 is 12.2 Å². The highest BCUT2D eigenvalue weighted by molar-refractivity contribution is 7.80. The van der Waals surface area contributed by atoms with Crippen molar-refractivity contribution in [2.24, 2.45) is 0 Å². The number of benzene rings is 2. The van der Waals surface area contributed by atoms with E-state index in [9.17, 15) is 0 Å². The zero-order valence-corrected chi connectivity index (χ0v) is 18.8. The van der Waals surface area contributed by atoms with Crippen LogP contribution in [0.25, 0.3) is 5.69 Å². The monoisotopic (exact) mass is 454 g/mol. The molecule has 0 unspecified atom stereocenters. The average Bonchev–Trinajstić information content (AvgIpc) is 3.57. The molecule has 2 aliphatic rings. The number of rotatable bonds is 4. The maximum Gasteiger partial charge on any atom is 0.231 e. The summed E-state index contributed by atoms with van der Waals surface area (Å²) in [6.07, 6.45) is 3.92. The number of fused-ring (bicyclic) bond motifs is 1. The molecule has 6 nitrogen and oxygen atoms in total. The van der Waals surface area contributed by atoms with Gasteiger partial charge in [0.05, 0.1) is 11.7 Å². The van der Waals surface area contributed by atoms with Crippen LogP contribution in [0.2, 0.25) is 0 Å². The van der Waals surface area contributed by atoms with E-state index < -0.39 is 0 Å². The van der Waals surface area contributed by atoms with Crippen LogP contribution < -0.4 is 19.7 Å². The number of hydrogen-bond acceptors (Lipinski definition) is 4. The van der Waals surface area contributed by atoms with E-state index in [4.69, 9.17) is 21.7 Å². The molecular formula is C26H22N4O2S. The standard InChI is InChI=1S/C26H22N4O2S/c1-17-6-4-7-18(14-17)29-13-5-9-21(29)25-24(20-8-2-3-12-27-20)28-26(33)30(25)19-10-11-22-23(15-19)32-16-31-22/h2-15,24-25H,16H2,1H3,(H,28,33)/t24-,25+/m1/s1. The molecule has 0 amide bonds. The summed E-state index contributed by atoms with van der Waals surface area (Å²) in [7, 11) is 0. The third kappa shape index (κ3) is 3.41. The van der Waals surface area contributed by atoms with Gasteiger partial charge in [-0.2, -0.15) is 0 Å². The highest BCUT2D eigenvalue weighted by Gasteiger charge is 2.42. The molecule has 2 aromatic heterocycles. The molecule has 1 saturated heterocycles. The zero-order chi connectivity index (χ0) is 22.4. The molecule has 2 aromatic carbocycles. The number of aromatic nitrogens is 2. The summed E-state index contributed by atoms with van der Waals surface area (Å²) in [5.74, 6) is 1.47. The van der Waals surface area contributed by atoms with Crippen molar-refractivity contribution in [3.05, 3.63) is 102 Å². The Hall–Kier alpha value is -3.84. The predicted molar refractivity (Wildman–Crippen MR) is 131 cm³/mol. The lowest BCUT2D eigenvalue weighted by molar-refractivity contribution is 0.174. The molecule has 4 heterocycles. The quantitative estimate of drug-likeness (QED) is 0.434. The first-order valence-corrected chi connectivity index (χ1v) is 11.2. The first-order chi connectivity index (χ1) is 16.2. The largest absolute Gasteiger partial charge is 0.454 e. The van der Waals surface area contributed by atoms with Crippen LogP contribution in [0, 0.1) is 6.92 Å². The summed E-state index contributed by atoms with van der Waals surface area (Å²) in [5.41, 5.74) is 5.31. The zero-order valence-electron chi connectivity index (χ0n) is 18.0. The van der Waals surface area contributed by atoms with Gasteiger partial charge in [-0.15, -0.1) is 0 Å². The maximum absolute atomic E-state index is 5.87. The molecule has 0 spiro atoms. The number of ether oxygens (including phenoxy) is 2. The van der Waals surface area contributed by atoms with E-state index in [0.29, 0.717) is 5.11 Å². The molecule has 0 aliphatic carbocycles. The molecule has 4 aromatic rings. The summed E-state index contributed by atoms with van der Waals surface area (Å²) >= 11 is 5.87. The van der Waals surface area contributed by atoms with Gasteiger partial charge in [0.2, 0.25) is 6.79 Å². The number of anilines is 1. The Morgan fingerprint density at radius 1 is 0.939 bits per heavy atom. The minimum Gasteiger partial charge on any atom is -0.454 e. The summed E-state index contributed by atoms with van der Waals surface area (Å²) in [5, 5.41) is 4.17. The number of hydrogen-bond donors (Lipinski definition) is 1. The third-order valence-electron chi connectivity index (χ3n) is 6.10. The van der Waals surface area contributed by atoms with Gasteiger partial charge in [0.25, 0.3) is 0 Å². The van der Waals surface area contributed by atoms with Gasteiger partial charge >= 0.3 is 0 Å². The fourth-order valence-corrected chi connectivity index (χ4v) is 4.96. The Morgan fingerprint density at radius 2 is 1.85 bits per heavy atom. The van der Waals surface area contributed by atoms with Gasteiger partial charge < -0.3 is 24.3 Å². The average molecular weight is 455 g/mol. The fourth-order valence-electron chi connectivity index (χ4n) is 4.62. The molecule has 164 valence electrons. The molecule has 2 atom stereocenters. The Morgan fingerprint density at radius 3 is 2.70 bits per heavy atom. The van der Waals surface area contributed by atoms with Crippen molar-refractivity contribution in [3.8, 4) is 17.2 Å². The van der Waals surface area contributed by atoms with Gasteiger partial charge in [-0.05, 0) is 73.2 Å². The van der Waals surface area contributed by atoms with E-state index in [-0.39, 0.29) is 18.9 Å². The van der Waals surface area contributed by atoms with Gasteiger partial charge in [-0.3, -0.25) is 4.98 Å². The van der Waals surface area contributed by atoms with Crippen molar-refractivity contribution >= 4 is 23.0 Å². The Bertz CT molecular complexity index is 1340. The highest BCUT2D eigenvalue weighted by atomic mass is 32.1. The predicted octanol–water partition coefficient (Wildman–Crippen LogP) is 5.09. The summed E-state index contributed by atoms with van der Waals surface area (Å²) < 4.78 is 13.4. The van der Waals surface area contributed by atoms with Crippen molar-refractivity contribution in [2.75, 3.05) is 11.7 Å². The lowest BCUT2D eigenvalue weighted by Crippen LogP contribution is -2.30. The molecule has 6 rings (SSSR count). The van der Waals surface area contributed by atoms with Crippen LogP contribution in [0.15, 0.2) is 85.2 Å². The molecule has 2 aliphatic heterocycles. The number of thiocarbonyl (C=S) groups is 1. The van der Waals surface area contributed by atoms with E-state index in [1.54, 1.807) is 0 Å². The molecule has 0 bridgehead atoms. The maximum atomic E-state index is 5.87. The SMILES string of the molecule is Cc1cccc(-n2cccc2[C@H]2[C@@H](c3ccccn3)NC(=S)N2c2ccc3c(c2)OCO3)c1. The molecule has 0 saturated carbocycles. The summed E-state index contributed by atoms with van der Waals surface area (Å²) in [6.45, 7) is 2.34. The van der Waals surface area contributed by atoms with Gasteiger partial charge in [-0.1, -0.05) is 18.2 Å². The van der Waals surface area contributed by atoms with Crippen LogP contribution in [0.3, 0.4) is 0 Å². The van der Waals surface area contributed by atoms with E-state index >= 15 is 0 Å². The third-order valence-corrected chi connectivity index (χ3v) is 6.41. The van der Waals surface area contributed by atoms with Crippen molar-refractivity contribution in [1.29, 1.82) is 0 Å². The molecular weight excluding hydrogens is 432 g/mol. The van der Waals surface area contributed by atoms with Crippen LogP contribution in [-0.2, 0) is 0 Å². The minimum atomic E-state index is -0.123. The van der Waals surface area contributed by atoms with E-state index in [1.807, 2.05) is 42.6 Å². The van der Waals surface area contributed by atoms with E-state index in [2.05, 4.69) is 69.3 Å². The van der Waals surface area contributed by atoms with Crippen LogP contribution in [-0.4, -0.2) is 21.5 Å². The van der Waals surface area contributed by atoms with Crippen LogP contribution in [0.1, 0.15) is 29.0 Å². The smallest absolute Gasteiger partial charge is 0.231 e. The van der Waals surface area contributed by atoms with Gasteiger partial charge in [0, 0.05) is 35.5 Å². The van der Waals surface area contributed by atoms with E-state index in [1.165, 1.54) is 5.56 Å². The fraction of sp³-hybridized carbons (Fsp3) is 0.154. The molecule has 33 heavy (non-hydrogen) atoms. The second kappa shape index (κ2) is 7.94. The number of nitrogens with zero attached hydrogens (tertiary/aromatic N) is 3. The first kappa shape index (κ1) is 19.8. The van der Waals surface area contributed by atoms with Crippen molar-refractivity contribution in [1.82, 2.24) is 14.9 Å². The second-order valence-corrected chi connectivity index (χ2v) is 8.56. The Balaban J connectivity index is 1.51. The van der Waals surface area contributed by atoms with Crippen LogP contribution in [0.5, 0.6) is 11.5 Å². The molecule has 7 heteroatoms. The second-order valence-electron chi connectivity index (χ2n) is 8.18. The number of aryl methyl sites for hydroxylation is 1. The highest BCUT2D eigenvalue weighted by Crippen LogP contribution is 2.44. The summed E-state index contributed by atoms with van der Waals surface area (Å²) in [4.78, 5) is 6.81. The van der Waals surface area contributed by atoms with Crippen molar-refractivity contribution < 1.29 is 9.47 Å². The Labute approximate surface area is 197 Å². The topological polar surface area (TPSA) is 51.6 Å². The number of pyridine rings is 1. The van der Waals surface area contributed by atoms with Gasteiger partial charge in [-0.25, -0.2) is 0 Å².